The number of nitrogens with two attached hydrogens (primary N) is 1. The summed E-state index contributed by atoms with van der Waals surface area (Å²) >= 11 is 0. The number of carbonyl (C=O) groups is 4. The molecule has 0 aromatic rings. The van der Waals surface area contributed by atoms with E-state index in [9.17, 15) is 19.2 Å². The summed E-state index contributed by atoms with van der Waals surface area (Å²) in [4.78, 5) is 48.8. The average Bonchev–Trinajstić information content (AvgIpc) is 2.66. The van der Waals surface area contributed by atoms with Crippen molar-refractivity contribution in [3.05, 3.63) is 0 Å². The molecule has 0 saturated carbocycles. The molecule has 0 spiro atoms. The van der Waals surface area contributed by atoms with Crippen molar-refractivity contribution in [1.29, 1.82) is 0 Å². The normalized spacial score (nSPS) is 22.1. The third-order valence-corrected chi connectivity index (χ3v) is 5.41. The first-order chi connectivity index (χ1) is 12.9. The first kappa shape index (κ1) is 21.1. The van der Waals surface area contributed by atoms with E-state index >= 15 is 0 Å². The minimum atomic E-state index is -1.24. The van der Waals surface area contributed by atoms with Crippen LogP contribution in [0.5, 0.6) is 0 Å². The van der Waals surface area contributed by atoms with E-state index in [2.05, 4.69) is 10.6 Å². The van der Waals surface area contributed by atoms with Crippen LogP contribution in [0.4, 0.5) is 0 Å². The molecule has 0 aromatic heterocycles. The van der Waals surface area contributed by atoms with Crippen molar-refractivity contribution in [2.45, 2.75) is 51.0 Å². The van der Waals surface area contributed by atoms with Gasteiger partial charge in [0.25, 0.3) is 0 Å². The fourth-order valence-corrected chi connectivity index (χ4v) is 3.76. The van der Waals surface area contributed by atoms with E-state index < -0.39 is 36.2 Å². The highest BCUT2D eigenvalue weighted by Gasteiger charge is 2.31. The number of carboxylic acid groups (broad SMARTS) is 1. The zero-order valence-corrected chi connectivity index (χ0v) is 15.6. The van der Waals surface area contributed by atoms with Gasteiger partial charge < -0.3 is 26.4 Å². The zero-order chi connectivity index (χ0) is 19.8. The number of nitrogens with one attached hydrogen (secondary N) is 2. The molecule has 0 aliphatic carbocycles. The SMILES string of the molecule is NC(=O)[C@H](CC(=O)O)NC(=O)[C@@H]1CCCN(C(=O)CCC2CCNCC2)C1. The Bertz CT molecular complexity index is 562. The van der Waals surface area contributed by atoms with Gasteiger partial charge in [0.1, 0.15) is 6.04 Å². The lowest BCUT2D eigenvalue weighted by molar-refractivity contribution is -0.140. The fourth-order valence-electron chi connectivity index (χ4n) is 3.76. The second-order valence-corrected chi connectivity index (χ2v) is 7.47. The summed E-state index contributed by atoms with van der Waals surface area (Å²) in [5.41, 5.74) is 5.16. The van der Waals surface area contributed by atoms with Gasteiger partial charge in [-0.25, -0.2) is 0 Å². The van der Waals surface area contributed by atoms with Crippen molar-refractivity contribution in [3.63, 3.8) is 0 Å². The first-order valence-electron chi connectivity index (χ1n) is 9.66. The van der Waals surface area contributed by atoms with Crippen molar-refractivity contribution in [3.8, 4) is 0 Å². The summed E-state index contributed by atoms with van der Waals surface area (Å²) < 4.78 is 0. The second-order valence-electron chi connectivity index (χ2n) is 7.47. The summed E-state index contributed by atoms with van der Waals surface area (Å²) in [7, 11) is 0. The molecule has 9 nitrogen and oxygen atoms in total. The zero-order valence-electron chi connectivity index (χ0n) is 15.6. The third-order valence-electron chi connectivity index (χ3n) is 5.41. The molecule has 5 N–H and O–H groups in total. The first-order valence-corrected chi connectivity index (χ1v) is 9.66. The number of hydrogen-bond donors (Lipinski definition) is 4. The number of rotatable bonds is 8. The van der Waals surface area contributed by atoms with Gasteiger partial charge in [0, 0.05) is 19.5 Å². The molecule has 0 radical (unpaired) electrons. The average molecular weight is 382 g/mol. The predicted octanol–water partition coefficient (Wildman–Crippen LogP) is -0.550. The summed E-state index contributed by atoms with van der Waals surface area (Å²) in [6.45, 7) is 2.93. The van der Waals surface area contributed by atoms with Gasteiger partial charge in [-0.15, -0.1) is 0 Å². The van der Waals surface area contributed by atoms with Gasteiger partial charge in [0.05, 0.1) is 12.3 Å². The number of primary amides is 1. The molecule has 0 unspecified atom stereocenters. The van der Waals surface area contributed by atoms with Crippen LogP contribution in [0.25, 0.3) is 0 Å². The van der Waals surface area contributed by atoms with Gasteiger partial charge in [-0.3, -0.25) is 19.2 Å². The molecule has 2 fully saturated rings. The van der Waals surface area contributed by atoms with Crippen LogP contribution in [-0.2, 0) is 19.2 Å². The van der Waals surface area contributed by atoms with Crippen molar-refractivity contribution in [1.82, 2.24) is 15.5 Å². The fraction of sp³-hybridized carbons (Fsp3) is 0.778. The molecular formula is C18H30N4O5. The summed E-state index contributed by atoms with van der Waals surface area (Å²) in [5.74, 6) is -2.32. The van der Waals surface area contributed by atoms with Gasteiger partial charge in [-0.1, -0.05) is 0 Å². The molecule has 2 aliphatic heterocycles. The quantitative estimate of drug-likeness (QED) is 0.444. The maximum atomic E-state index is 12.5. The number of carbonyl (C=O) groups excluding carboxylic acids is 3. The molecule has 9 heteroatoms. The van der Waals surface area contributed by atoms with Crippen LogP contribution in [0.3, 0.4) is 0 Å². The van der Waals surface area contributed by atoms with Gasteiger partial charge in [0.2, 0.25) is 17.7 Å². The van der Waals surface area contributed by atoms with E-state index in [1.807, 2.05) is 0 Å². The summed E-state index contributed by atoms with van der Waals surface area (Å²) in [6, 6.07) is -1.24. The molecule has 2 atom stereocenters. The van der Waals surface area contributed by atoms with Crippen LogP contribution in [0.2, 0.25) is 0 Å². The number of nitrogens with zero attached hydrogens (tertiary/aromatic N) is 1. The smallest absolute Gasteiger partial charge is 0.305 e. The monoisotopic (exact) mass is 382 g/mol. The Balaban J connectivity index is 1.82. The number of likely N-dealkylation sites (tertiary alicyclic amines) is 1. The lowest BCUT2D eigenvalue weighted by atomic mass is 9.92. The third kappa shape index (κ3) is 6.82. The van der Waals surface area contributed by atoms with Crippen LogP contribution in [0.15, 0.2) is 0 Å². The molecule has 2 saturated heterocycles. The van der Waals surface area contributed by atoms with E-state index in [0.29, 0.717) is 38.3 Å². The molecular weight excluding hydrogens is 352 g/mol. The Hall–Kier alpha value is -2.16. The number of carboxylic acids is 1. The molecule has 0 aromatic carbocycles. The van der Waals surface area contributed by atoms with E-state index in [0.717, 1.165) is 32.4 Å². The van der Waals surface area contributed by atoms with E-state index in [1.54, 1.807) is 4.90 Å². The van der Waals surface area contributed by atoms with Crippen molar-refractivity contribution in [2.24, 2.45) is 17.6 Å². The highest BCUT2D eigenvalue weighted by atomic mass is 16.4. The Morgan fingerprint density at radius 1 is 1.19 bits per heavy atom. The molecule has 2 aliphatic rings. The number of amides is 3. The predicted molar refractivity (Wildman–Crippen MR) is 97.5 cm³/mol. The minimum absolute atomic E-state index is 0.0584. The Morgan fingerprint density at radius 3 is 2.52 bits per heavy atom. The van der Waals surface area contributed by atoms with E-state index in [4.69, 9.17) is 10.8 Å². The Morgan fingerprint density at radius 2 is 1.89 bits per heavy atom. The summed E-state index contributed by atoms with van der Waals surface area (Å²) in [5, 5.41) is 14.6. The van der Waals surface area contributed by atoms with E-state index in [-0.39, 0.29) is 5.91 Å². The lowest BCUT2D eigenvalue weighted by Gasteiger charge is -2.33. The Labute approximate surface area is 159 Å². The number of hydrogen-bond acceptors (Lipinski definition) is 5. The van der Waals surface area contributed by atoms with Crippen LogP contribution >= 0.6 is 0 Å². The van der Waals surface area contributed by atoms with Gasteiger partial charge in [-0.2, -0.15) is 0 Å². The highest BCUT2D eigenvalue weighted by molar-refractivity contribution is 5.90. The van der Waals surface area contributed by atoms with Gasteiger partial charge >= 0.3 is 5.97 Å². The molecule has 2 heterocycles. The van der Waals surface area contributed by atoms with Gasteiger partial charge in [0.15, 0.2) is 0 Å². The van der Waals surface area contributed by atoms with Crippen LogP contribution < -0.4 is 16.4 Å². The Kier molecular flexibility index (Phi) is 8.02. The second kappa shape index (κ2) is 10.2. The molecule has 0 bridgehead atoms. The lowest BCUT2D eigenvalue weighted by Crippen LogP contribution is -2.51. The van der Waals surface area contributed by atoms with Crippen LogP contribution in [0.1, 0.15) is 44.9 Å². The van der Waals surface area contributed by atoms with Crippen LogP contribution in [0, 0.1) is 11.8 Å². The van der Waals surface area contributed by atoms with Crippen LogP contribution in [-0.4, -0.2) is 65.9 Å². The van der Waals surface area contributed by atoms with Crippen molar-refractivity contribution < 1.29 is 24.3 Å². The molecule has 3 amide bonds. The largest absolute Gasteiger partial charge is 0.481 e. The van der Waals surface area contributed by atoms with Crippen molar-refractivity contribution >= 4 is 23.7 Å². The van der Waals surface area contributed by atoms with E-state index in [1.165, 1.54) is 0 Å². The molecule has 152 valence electrons. The van der Waals surface area contributed by atoms with Gasteiger partial charge in [-0.05, 0) is 51.1 Å². The highest BCUT2D eigenvalue weighted by Crippen LogP contribution is 2.21. The molecule has 2 rings (SSSR count). The maximum absolute atomic E-state index is 12.5. The maximum Gasteiger partial charge on any atom is 0.305 e. The summed E-state index contributed by atoms with van der Waals surface area (Å²) in [6.07, 6.45) is 4.30. The number of aliphatic carboxylic acids is 1. The van der Waals surface area contributed by atoms with Crippen molar-refractivity contribution in [2.75, 3.05) is 26.2 Å². The standard InChI is InChI=1S/C18H30N4O5/c19-17(26)14(10-16(24)25)21-18(27)13-2-1-9-22(11-13)15(23)4-3-12-5-7-20-8-6-12/h12-14,20H,1-11H2,(H2,19,26)(H,21,27)(H,24,25)/t13-,14+/m1/s1. The minimum Gasteiger partial charge on any atom is -0.481 e. The number of piperidine rings is 2. The topological polar surface area (TPSA) is 142 Å². The molecule has 27 heavy (non-hydrogen) atoms.